The molecule has 1 aromatic heterocycles. The number of carbonyl (C=O) groups excluding carboxylic acids is 2. The van der Waals surface area contributed by atoms with Gasteiger partial charge in [-0.2, -0.15) is 0 Å². The highest BCUT2D eigenvalue weighted by Crippen LogP contribution is 2.36. The van der Waals surface area contributed by atoms with Crippen molar-refractivity contribution in [3.05, 3.63) is 57.5 Å². The number of carbonyl (C=O) groups is 3. The second-order valence-electron chi connectivity index (χ2n) is 8.79. The van der Waals surface area contributed by atoms with Crippen LogP contribution in [0.2, 0.25) is 0 Å². The van der Waals surface area contributed by atoms with Gasteiger partial charge >= 0.3 is 17.9 Å². The van der Waals surface area contributed by atoms with Crippen LogP contribution in [0, 0.1) is 5.82 Å². The third-order valence-corrected chi connectivity index (χ3v) is 6.72. The van der Waals surface area contributed by atoms with Gasteiger partial charge in [0.2, 0.25) is 5.82 Å². The molecule has 0 amide bonds. The number of halogens is 2. The number of esters is 2. The molecule has 1 saturated heterocycles. The van der Waals surface area contributed by atoms with E-state index in [-0.39, 0.29) is 56.7 Å². The van der Waals surface area contributed by atoms with Gasteiger partial charge in [0.15, 0.2) is 11.9 Å². The standard InChI is InChI=1S/C25H28BrFN6O7/c1-3-38-19(34)12-33-13-28-22(31-33)23-29-17(10-32-7-8-40-18(11-32)24(35)36)20(25(37)39-4-2)21(30-23)15-6-5-14(27)9-16(15)26/h5-6,9,13,18,21H,3-4,7-8,10-12H2,1-2H3,(H,29,30)(H,35,36). The number of nitrogens with one attached hydrogen (secondary N) is 1. The monoisotopic (exact) mass is 622 g/mol. The van der Waals surface area contributed by atoms with Crippen LogP contribution in [0.15, 0.2) is 45.3 Å². The van der Waals surface area contributed by atoms with Gasteiger partial charge in [0.25, 0.3) is 0 Å². The summed E-state index contributed by atoms with van der Waals surface area (Å²) in [7, 11) is 0. The number of hydrogen-bond acceptors (Lipinski definition) is 11. The van der Waals surface area contributed by atoms with E-state index in [0.29, 0.717) is 22.3 Å². The Morgan fingerprint density at radius 3 is 2.73 bits per heavy atom. The Labute approximate surface area is 237 Å². The van der Waals surface area contributed by atoms with Crippen LogP contribution in [0.5, 0.6) is 0 Å². The number of benzene rings is 1. The van der Waals surface area contributed by atoms with E-state index in [1.165, 1.54) is 29.2 Å². The fourth-order valence-electron chi connectivity index (χ4n) is 4.27. The fourth-order valence-corrected chi connectivity index (χ4v) is 4.84. The molecule has 2 atom stereocenters. The Kier molecular flexibility index (Phi) is 9.60. The fraction of sp³-hybridized carbons (Fsp3) is 0.440. The number of rotatable bonds is 10. The highest BCUT2D eigenvalue weighted by atomic mass is 79.9. The topological polar surface area (TPSA) is 157 Å². The summed E-state index contributed by atoms with van der Waals surface area (Å²) in [6.45, 7) is 4.33. The molecule has 40 heavy (non-hydrogen) atoms. The van der Waals surface area contributed by atoms with E-state index in [1.807, 2.05) is 4.90 Å². The smallest absolute Gasteiger partial charge is 0.338 e. The largest absolute Gasteiger partial charge is 0.479 e. The molecule has 2 unspecified atom stereocenters. The first-order valence-electron chi connectivity index (χ1n) is 12.5. The number of amidine groups is 1. The first kappa shape index (κ1) is 29.3. The van der Waals surface area contributed by atoms with Gasteiger partial charge in [-0.1, -0.05) is 22.0 Å². The van der Waals surface area contributed by atoms with E-state index in [9.17, 15) is 23.9 Å². The molecule has 0 bridgehead atoms. The molecule has 2 N–H and O–H groups in total. The molecule has 2 aliphatic rings. The zero-order valence-electron chi connectivity index (χ0n) is 21.8. The van der Waals surface area contributed by atoms with E-state index in [2.05, 4.69) is 31.3 Å². The number of carboxylic acid groups (broad SMARTS) is 1. The van der Waals surface area contributed by atoms with E-state index in [4.69, 9.17) is 19.2 Å². The van der Waals surface area contributed by atoms with E-state index >= 15 is 0 Å². The second kappa shape index (κ2) is 13.1. The number of aliphatic carboxylic acids is 1. The number of nitrogens with zero attached hydrogens (tertiary/aromatic N) is 5. The maximum absolute atomic E-state index is 14.0. The molecule has 0 spiro atoms. The zero-order chi connectivity index (χ0) is 28.8. The third kappa shape index (κ3) is 6.89. The maximum Gasteiger partial charge on any atom is 0.338 e. The van der Waals surface area contributed by atoms with Crippen molar-refractivity contribution >= 4 is 39.7 Å². The molecule has 1 fully saturated rings. The predicted molar refractivity (Wildman–Crippen MR) is 141 cm³/mol. The van der Waals surface area contributed by atoms with Gasteiger partial charge in [-0.15, -0.1) is 5.10 Å². The van der Waals surface area contributed by atoms with Crippen molar-refractivity contribution in [3.63, 3.8) is 0 Å². The minimum atomic E-state index is -1.09. The summed E-state index contributed by atoms with van der Waals surface area (Å²) in [6, 6.07) is 3.08. The van der Waals surface area contributed by atoms with Crippen LogP contribution >= 0.6 is 15.9 Å². The lowest BCUT2D eigenvalue weighted by molar-refractivity contribution is -0.155. The molecule has 1 aromatic carbocycles. The SMILES string of the molecule is CCOC(=O)Cn1cnc(C2=NC(c3ccc(F)cc3Br)C(C(=O)OCC)=C(CN3CCOC(C(=O)O)C3)N2)n1. The van der Waals surface area contributed by atoms with Crippen molar-refractivity contribution in [2.45, 2.75) is 32.5 Å². The molecule has 2 aliphatic heterocycles. The number of aliphatic imine (C=N–C) groups is 1. The first-order valence-corrected chi connectivity index (χ1v) is 13.3. The van der Waals surface area contributed by atoms with Gasteiger partial charge in [0, 0.05) is 29.8 Å². The van der Waals surface area contributed by atoms with Crippen LogP contribution in [-0.2, 0) is 35.1 Å². The van der Waals surface area contributed by atoms with Gasteiger partial charge in [-0.3, -0.25) is 14.7 Å². The minimum Gasteiger partial charge on any atom is -0.479 e. The molecule has 2 aromatic rings. The quantitative estimate of drug-likeness (QED) is 0.369. The predicted octanol–water partition coefficient (Wildman–Crippen LogP) is 1.44. The molecule has 4 rings (SSSR count). The van der Waals surface area contributed by atoms with Crippen LogP contribution in [0.4, 0.5) is 4.39 Å². The average molecular weight is 623 g/mol. The first-order chi connectivity index (χ1) is 19.2. The van der Waals surface area contributed by atoms with E-state index < -0.39 is 35.9 Å². The Morgan fingerprint density at radius 1 is 1.25 bits per heavy atom. The summed E-state index contributed by atoms with van der Waals surface area (Å²) in [5, 5.41) is 16.9. The maximum atomic E-state index is 14.0. The van der Waals surface area contributed by atoms with Crippen LogP contribution in [0.3, 0.4) is 0 Å². The van der Waals surface area contributed by atoms with Crippen molar-refractivity contribution in [1.82, 2.24) is 25.0 Å². The second-order valence-corrected chi connectivity index (χ2v) is 9.64. The Balaban J connectivity index is 1.76. The van der Waals surface area contributed by atoms with Gasteiger partial charge < -0.3 is 24.6 Å². The van der Waals surface area contributed by atoms with Gasteiger partial charge in [-0.05, 0) is 31.5 Å². The minimum absolute atomic E-state index is 0.0838. The summed E-state index contributed by atoms with van der Waals surface area (Å²) in [5.41, 5.74) is 1.04. The number of aromatic nitrogens is 3. The summed E-state index contributed by atoms with van der Waals surface area (Å²) in [5.74, 6) is -2.38. The normalized spacial score (nSPS) is 19.6. The van der Waals surface area contributed by atoms with Crippen molar-refractivity contribution in [2.24, 2.45) is 4.99 Å². The number of ether oxygens (including phenoxy) is 3. The molecule has 214 valence electrons. The van der Waals surface area contributed by atoms with Crippen molar-refractivity contribution in [1.29, 1.82) is 0 Å². The Hall–Kier alpha value is -3.69. The summed E-state index contributed by atoms with van der Waals surface area (Å²) in [4.78, 5) is 47.6. The third-order valence-electron chi connectivity index (χ3n) is 6.03. The Morgan fingerprint density at radius 2 is 2.02 bits per heavy atom. The summed E-state index contributed by atoms with van der Waals surface area (Å²) in [6.07, 6.45) is 0.322. The molecule has 15 heteroatoms. The highest BCUT2D eigenvalue weighted by molar-refractivity contribution is 9.10. The van der Waals surface area contributed by atoms with Gasteiger partial charge in [0.05, 0.1) is 25.4 Å². The van der Waals surface area contributed by atoms with Crippen molar-refractivity contribution < 1.29 is 38.1 Å². The Bertz CT molecular complexity index is 1350. The van der Waals surface area contributed by atoms with E-state index in [0.717, 1.165) is 0 Å². The number of hydrogen-bond donors (Lipinski definition) is 2. The molecule has 0 saturated carbocycles. The van der Waals surface area contributed by atoms with Crippen LogP contribution < -0.4 is 5.32 Å². The highest BCUT2D eigenvalue weighted by Gasteiger charge is 2.36. The van der Waals surface area contributed by atoms with Crippen LogP contribution in [-0.4, -0.2) is 94.1 Å². The molecular formula is C25H28BrFN6O7. The number of carboxylic acids is 1. The van der Waals surface area contributed by atoms with Crippen molar-refractivity contribution in [3.8, 4) is 0 Å². The lowest BCUT2D eigenvalue weighted by atomic mass is 9.95. The zero-order valence-corrected chi connectivity index (χ0v) is 23.4. The summed E-state index contributed by atoms with van der Waals surface area (Å²) < 4.78 is 31.3. The lowest BCUT2D eigenvalue weighted by Crippen LogP contribution is -2.48. The van der Waals surface area contributed by atoms with Crippen molar-refractivity contribution in [2.75, 3.05) is 39.5 Å². The molecule has 0 aliphatic carbocycles. The molecule has 3 heterocycles. The molecular weight excluding hydrogens is 595 g/mol. The summed E-state index contributed by atoms with van der Waals surface area (Å²) >= 11 is 3.38. The molecule has 13 nitrogen and oxygen atoms in total. The van der Waals surface area contributed by atoms with Gasteiger partial charge in [-0.25, -0.2) is 23.6 Å². The average Bonchev–Trinajstić information content (AvgIpc) is 3.37. The van der Waals surface area contributed by atoms with Gasteiger partial charge in [0.1, 0.15) is 24.7 Å². The number of morpholine rings is 1. The van der Waals surface area contributed by atoms with Crippen LogP contribution in [0.1, 0.15) is 31.3 Å². The molecule has 0 radical (unpaired) electrons. The van der Waals surface area contributed by atoms with Crippen LogP contribution in [0.25, 0.3) is 0 Å². The lowest BCUT2D eigenvalue weighted by Gasteiger charge is -2.34. The van der Waals surface area contributed by atoms with E-state index in [1.54, 1.807) is 13.8 Å².